The topological polar surface area (TPSA) is 113 Å². The molecular formula is C26H35N5O5S. The van der Waals surface area contributed by atoms with Gasteiger partial charge in [-0.15, -0.1) is 11.3 Å². The fourth-order valence-corrected chi connectivity index (χ4v) is 5.04. The quantitative estimate of drug-likeness (QED) is 0.580. The second kappa shape index (κ2) is 11.0. The molecule has 0 unspecified atom stereocenters. The van der Waals surface area contributed by atoms with Gasteiger partial charge in [0.05, 0.1) is 5.69 Å². The van der Waals surface area contributed by atoms with E-state index >= 15 is 0 Å². The summed E-state index contributed by atoms with van der Waals surface area (Å²) in [5, 5.41) is 8.23. The summed E-state index contributed by atoms with van der Waals surface area (Å²) in [6.45, 7) is 11.3. The van der Waals surface area contributed by atoms with E-state index in [0.29, 0.717) is 37.1 Å². The third-order valence-corrected chi connectivity index (χ3v) is 6.74. The standard InChI is InChI=1S/C26H35N5O5S/c1-16(2)12-31-19-9-8-17(11-20(19)35-14-22(31)32)23-28-21(15-37-23)29-24(33)27-18-7-6-10-30(13-18)25(34)36-26(3,4)5/h8-9,11,15-16,18H,6-7,10,12-14H2,1-5H3,(H2,27,29,33)/t18-/m0/s1. The molecule has 0 spiro atoms. The van der Waals surface area contributed by atoms with E-state index < -0.39 is 5.60 Å². The third-order valence-electron chi connectivity index (χ3n) is 5.85. The average molecular weight is 530 g/mol. The molecule has 10 nitrogen and oxygen atoms in total. The van der Waals surface area contributed by atoms with Crippen LogP contribution in [-0.2, 0) is 9.53 Å². The molecule has 4 rings (SSSR count). The average Bonchev–Trinajstić information content (AvgIpc) is 3.28. The van der Waals surface area contributed by atoms with E-state index in [-0.39, 0.29) is 30.7 Å². The highest BCUT2D eigenvalue weighted by atomic mass is 32.1. The van der Waals surface area contributed by atoms with Crippen LogP contribution in [-0.4, -0.2) is 65.8 Å². The van der Waals surface area contributed by atoms with Gasteiger partial charge in [0.15, 0.2) is 6.61 Å². The fraction of sp³-hybridized carbons (Fsp3) is 0.538. The largest absolute Gasteiger partial charge is 0.482 e. The van der Waals surface area contributed by atoms with Crippen molar-refractivity contribution in [3.63, 3.8) is 0 Å². The number of amides is 4. The molecule has 37 heavy (non-hydrogen) atoms. The Hall–Kier alpha value is -3.34. The molecule has 1 aromatic carbocycles. The third kappa shape index (κ3) is 6.91. The van der Waals surface area contributed by atoms with Crippen LogP contribution in [0.3, 0.4) is 0 Å². The monoisotopic (exact) mass is 529 g/mol. The molecule has 0 bridgehead atoms. The number of hydrogen-bond donors (Lipinski definition) is 2. The second-order valence-corrected chi connectivity index (χ2v) is 11.6. The molecular weight excluding hydrogens is 494 g/mol. The number of urea groups is 1. The number of rotatable bonds is 5. The molecule has 11 heteroatoms. The van der Waals surface area contributed by atoms with E-state index in [1.807, 2.05) is 39.0 Å². The van der Waals surface area contributed by atoms with Gasteiger partial charge in [0.25, 0.3) is 5.91 Å². The van der Waals surface area contributed by atoms with Crippen LogP contribution in [0.1, 0.15) is 47.5 Å². The summed E-state index contributed by atoms with van der Waals surface area (Å²) in [7, 11) is 0. The highest BCUT2D eigenvalue weighted by molar-refractivity contribution is 7.13. The summed E-state index contributed by atoms with van der Waals surface area (Å²) in [6, 6.07) is 5.12. The van der Waals surface area contributed by atoms with Gasteiger partial charge < -0.3 is 24.6 Å². The lowest BCUT2D eigenvalue weighted by molar-refractivity contribution is -0.121. The summed E-state index contributed by atoms with van der Waals surface area (Å²) in [4.78, 5) is 45.3. The van der Waals surface area contributed by atoms with E-state index in [4.69, 9.17) is 9.47 Å². The molecule has 2 aliphatic rings. The molecule has 4 amide bonds. The van der Waals surface area contributed by atoms with Crippen LogP contribution in [0.5, 0.6) is 5.75 Å². The Kier molecular flexibility index (Phi) is 7.91. The molecule has 0 radical (unpaired) electrons. The Balaban J connectivity index is 1.36. The van der Waals surface area contributed by atoms with Crippen LogP contribution in [0.25, 0.3) is 10.6 Å². The predicted molar refractivity (Wildman–Crippen MR) is 143 cm³/mol. The first-order valence-corrected chi connectivity index (χ1v) is 13.4. The van der Waals surface area contributed by atoms with Crippen LogP contribution in [0.2, 0.25) is 0 Å². The molecule has 200 valence electrons. The smallest absolute Gasteiger partial charge is 0.410 e. The maximum absolute atomic E-state index is 12.6. The zero-order chi connectivity index (χ0) is 26.7. The van der Waals surface area contributed by atoms with Gasteiger partial charge in [-0.3, -0.25) is 10.1 Å². The first kappa shape index (κ1) is 26.7. The molecule has 0 aliphatic carbocycles. The van der Waals surface area contributed by atoms with Gasteiger partial charge in [0, 0.05) is 36.6 Å². The van der Waals surface area contributed by atoms with E-state index in [1.54, 1.807) is 15.2 Å². The number of benzene rings is 1. The van der Waals surface area contributed by atoms with Gasteiger partial charge >= 0.3 is 12.1 Å². The van der Waals surface area contributed by atoms with Crippen molar-refractivity contribution in [3.05, 3.63) is 23.6 Å². The summed E-state index contributed by atoms with van der Waals surface area (Å²) in [6.07, 6.45) is 1.20. The summed E-state index contributed by atoms with van der Waals surface area (Å²) in [5.74, 6) is 1.37. The highest BCUT2D eigenvalue weighted by Crippen LogP contribution is 2.37. The lowest BCUT2D eigenvalue weighted by atomic mass is 10.1. The van der Waals surface area contributed by atoms with Crippen LogP contribution in [0.4, 0.5) is 21.1 Å². The number of aromatic nitrogens is 1. The number of ether oxygens (including phenoxy) is 2. The Morgan fingerprint density at radius 2 is 2.08 bits per heavy atom. The molecule has 1 saturated heterocycles. The van der Waals surface area contributed by atoms with Gasteiger partial charge in [-0.25, -0.2) is 14.6 Å². The first-order chi connectivity index (χ1) is 17.5. The minimum absolute atomic E-state index is 0.0144. The zero-order valence-electron chi connectivity index (χ0n) is 22.0. The minimum atomic E-state index is -0.563. The normalized spacial score (nSPS) is 17.8. The van der Waals surface area contributed by atoms with Crippen LogP contribution < -0.4 is 20.3 Å². The Labute approximate surface area is 221 Å². The number of fused-ring (bicyclic) bond motifs is 1. The molecule has 1 fully saturated rings. The number of nitrogens with one attached hydrogen (secondary N) is 2. The van der Waals surface area contributed by atoms with Crippen molar-refractivity contribution in [2.75, 3.05) is 36.5 Å². The van der Waals surface area contributed by atoms with Crippen LogP contribution >= 0.6 is 11.3 Å². The van der Waals surface area contributed by atoms with Gasteiger partial charge in [0.1, 0.15) is 22.2 Å². The number of hydrogen-bond acceptors (Lipinski definition) is 7. The van der Waals surface area contributed by atoms with E-state index in [2.05, 4.69) is 29.5 Å². The lowest BCUT2D eigenvalue weighted by Gasteiger charge is -2.34. The van der Waals surface area contributed by atoms with Crippen molar-refractivity contribution >= 4 is 40.9 Å². The lowest BCUT2D eigenvalue weighted by Crippen LogP contribution is -2.51. The number of anilines is 2. The molecule has 0 saturated carbocycles. The first-order valence-electron chi connectivity index (χ1n) is 12.6. The maximum atomic E-state index is 12.6. The van der Waals surface area contributed by atoms with Gasteiger partial charge in [-0.05, 0) is 57.7 Å². The van der Waals surface area contributed by atoms with Gasteiger partial charge in [-0.1, -0.05) is 13.8 Å². The van der Waals surface area contributed by atoms with Crippen molar-refractivity contribution in [1.82, 2.24) is 15.2 Å². The fourth-order valence-electron chi connectivity index (χ4n) is 4.29. The SMILES string of the molecule is CC(C)CN1C(=O)COc2cc(-c3nc(NC(=O)N[C@H]4CCCN(C(=O)OC(C)(C)C)C4)cs3)ccc21. The number of piperidine rings is 1. The summed E-state index contributed by atoms with van der Waals surface area (Å²) < 4.78 is 11.1. The van der Waals surface area contributed by atoms with Crippen LogP contribution in [0, 0.1) is 5.92 Å². The Morgan fingerprint density at radius 1 is 1.30 bits per heavy atom. The van der Waals surface area contributed by atoms with Crippen molar-refractivity contribution in [2.45, 2.75) is 59.1 Å². The van der Waals surface area contributed by atoms with Gasteiger partial charge in [-0.2, -0.15) is 0 Å². The summed E-state index contributed by atoms with van der Waals surface area (Å²) in [5.41, 5.74) is 1.04. The minimum Gasteiger partial charge on any atom is -0.482 e. The Morgan fingerprint density at radius 3 is 2.81 bits per heavy atom. The van der Waals surface area contributed by atoms with E-state index in [0.717, 1.165) is 29.1 Å². The number of carbonyl (C=O) groups excluding carboxylic acids is 3. The molecule has 2 N–H and O–H groups in total. The van der Waals surface area contributed by atoms with E-state index in [9.17, 15) is 14.4 Å². The van der Waals surface area contributed by atoms with Gasteiger partial charge in [0.2, 0.25) is 0 Å². The molecule has 1 aromatic heterocycles. The molecule has 1 atom stereocenters. The molecule has 2 aliphatic heterocycles. The van der Waals surface area contributed by atoms with Crippen molar-refractivity contribution in [2.24, 2.45) is 5.92 Å². The number of nitrogens with zero attached hydrogens (tertiary/aromatic N) is 3. The molecule has 3 heterocycles. The van der Waals surface area contributed by atoms with Crippen molar-refractivity contribution < 1.29 is 23.9 Å². The second-order valence-electron chi connectivity index (χ2n) is 10.8. The maximum Gasteiger partial charge on any atom is 0.410 e. The van der Waals surface area contributed by atoms with Crippen molar-refractivity contribution in [3.8, 4) is 16.3 Å². The van der Waals surface area contributed by atoms with Crippen molar-refractivity contribution in [1.29, 1.82) is 0 Å². The summed E-state index contributed by atoms with van der Waals surface area (Å²) >= 11 is 1.40. The predicted octanol–water partition coefficient (Wildman–Crippen LogP) is 4.71. The highest BCUT2D eigenvalue weighted by Gasteiger charge is 2.29. The zero-order valence-corrected chi connectivity index (χ0v) is 22.8. The number of thiazole rings is 1. The molecule has 2 aromatic rings. The van der Waals surface area contributed by atoms with E-state index in [1.165, 1.54) is 11.3 Å². The Bertz CT molecular complexity index is 1160. The number of carbonyl (C=O) groups is 3. The van der Waals surface area contributed by atoms with Crippen LogP contribution in [0.15, 0.2) is 23.6 Å². The number of likely N-dealkylation sites (tertiary alicyclic amines) is 1.